The summed E-state index contributed by atoms with van der Waals surface area (Å²) in [7, 11) is -9.92. The molecule has 0 saturated heterocycles. The zero-order valence-corrected chi connectivity index (χ0v) is 68.2. The molecule has 0 amide bonds. The molecule has 0 aliphatic rings. The highest BCUT2D eigenvalue weighted by Crippen LogP contribution is 2.45. The van der Waals surface area contributed by atoms with Gasteiger partial charge in [-0.3, -0.25) is 37.3 Å². The second kappa shape index (κ2) is 72.3. The minimum atomic E-state index is -4.96. The number of carbonyl (C=O) groups is 4. The van der Waals surface area contributed by atoms with Crippen molar-refractivity contribution in [2.24, 2.45) is 17.8 Å². The standard InChI is InChI=1S/C82H160O17P2/c1-8-10-11-12-13-14-15-22-30-35-44-51-58-65-81(86)99-78(70-93-80(85)64-57-50-43-38-37-40-47-54-61-74(5)6)72-97-101(90,91)95-68-76(83)67-94-100(88,89)96-71-77(69-92-79(84)63-56-49-42-34-29-25-21-20-24-28-33-41-48-55-62-75(7)9-2)98-82(87)66-59-52-45-36-31-26-19-17-16-18-23-27-32-39-46-53-60-73(3)4/h73-78,83H,8-72H2,1-7H3,(H,88,89)(H,90,91)/t75?,76-,77-,78-/m1/s1. The van der Waals surface area contributed by atoms with Crippen LogP contribution in [0.15, 0.2) is 0 Å². The first-order valence-corrected chi connectivity index (χ1v) is 45.4. The predicted molar refractivity (Wildman–Crippen MR) is 414 cm³/mol. The van der Waals surface area contributed by atoms with E-state index in [1.165, 1.54) is 238 Å². The van der Waals surface area contributed by atoms with E-state index in [-0.39, 0.29) is 25.7 Å². The molecule has 0 aromatic carbocycles. The second-order valence-electron chi connectivity index (χ2n) is 30.7. The third-order valence-electron chi connectivity index (χ3n) is 19.5. The average molecular weight is 1480 g/mol. The zero-order chi connectivity index (χ0) is 74.4. The Bertz CT molecular complexity index is 1960. The van der Waals surface area contributed by atoms with Gasteiger partial charge in [-0.05, 0) is 43.4 Å². The Morgan fingerprint density at radius 1 is 0.287 bits per heavy atom. The van der Waals surface area contributed by atoms with Crippen molar-refractivity contribution in [3.8, 4) is 0 Å². The van der Waals surface area contributed by atoms with Crippen LogP contribution in [-0.2, 0) is 65.4 Å². The van der Waals surface area contributed by atoms with Gasteiger partial charge in [0.25, 0.3) is 0 Å². The van der Waals surface area contributed by atoms with Gasteiger partial charge in [0.15, 0.2) is 12.2 Å². The van der Waals surface area contributed by atoms with Crippen LogP contribution in [-0.4, -0.2) is 96.7 Å². The van der Waals surface area contributed by atoms with Crippen molar-refractivity contribution in [1.82, 2.24) is 0 Å². The number of ether oxygens (including phenoxy) is 4. The van der Waals surface area contributed by atoms with Crippen LogP contribution in [0.1, 0.15) is 427 Å². The van der Waals surface area contributed by atoms with Crippen LogP contribution in [0.4, 0.5) is 0 Å². The van der Waals surface area contributed by atoms with Crippen molar-refractivity contribution < 1.29 is 80.2 Å². The van der Waals surface area contributed by atoms with Crippen LogP contribution in [0.3, 0.4) is 0 Å². The summed E-state index contributed by atoms with van der Waals surface area (Å²) in [5.74, 6) is 0.277. The molecule has 0 saturated carbocycles. The van der Waals surface area contributed by atoms with Crippen molar-refractivity contribution in [3.63, 3.8) is 0 Å². The third-order valence-corrected chi connectivity index (χ3v) is 21.4. The summed E-state index contributed by atoms with van der Waals surface area (Å²) in [5, 5.41) is 10.6. The first-order valence-electron chi connectivity index (χ1n) is 42.4. The summed E-state index contributed by atoms with van der Waals surface area (Å²) in [5.41, 5.74) is 0. The molecule has 0 aromatic heterocycles. The largest absolute Gasteiger partial charge is 0.472 e. The maximum atomic E-state index is 13.1. The molecule has 0 fully saturated rings. The quantitative estimate of drug-likeness (QED) is 0.0222. The van der Waals surface area contributed by atoms with Crippen molar-refractivity contribution in [2.45, 2.75) is 446 Å². The topological polar surface area (TPSA) is 237 Å². The highest BCUT2D eigenvalue weighted by atomic mass is 31.2. The number of aliphatic hydroxyl groups excluding tert-OH is 1. The molecule has 0 aromatic rings. The van der Waals surface area contributed by atoms with E-state index >= 15 is 0 Å². The Morgan fingerprint density at radius 2 is 0.505 bits per heavy atom. The Labute approximate surface area is 619 Å². The first-order chi connectivity index (χ1) is 48.8. The van der Waals surface area contributed by atoms with Crippen LogP contribution in [0.25, 0.3) is 0 Å². The highest BCUT2D eigenvalue weighted by Gasteiger charge is 2.30. The van der Waals surface area contributed by atoms with E-state index in [4.69, 9.17) is 37.0 Å². The number of hydrogen-bond donors (Lipinski definition) is 3. The number of esters is 4. The first kappa shape index (κ1) is 99.1. The highest BCUT2D eigenvalue weighted by molar-refractivity contribution is 7.47. The van der Waals surface area contributed by atoms with E-state index in [0.717, 1.165) is 108 Å². The van der Waals surface area contributed by atoms with E-state index in [2.05, 4.69) is 48.5 Å². The summed E-state index contributed by atoms with van der Waals surface area (Å²) in [6.07, 6.45) is 61.0. The van der Waals surface area contributed by atoms with E-state index in [9.17, 15) is 43.2 Å². The summed E-state index contributed by atoms with van der Waals surface area (Å²) >= 11 is 0. The maximum Gasteiger partial charge on any atom is 0.472 e. The Hall–Kier alpha value is -1.94. The fourth-order valence-corrected chi connectivity index (χ4v) is 14.2. The molecule has 3 unspecified atom stereocenters. The molecule has 600 valence electrons. The number of rotatable bonds is 80. The van der Waals surface area contributed by atoms with Gasteiger partial charge in [-0.1, -0.05) is 376 Å². The molecule has 6 atom stereocenters. The molecule has 3 N–H and O–H groups in total. The molecule has 0 bridgehead atoms. The second-order valence-corrected chi connectivity index (χ2v) is 33.6. The number of carbonyl (C=O) groups excluding carboxylic acids is 4. The Kier molecular flexibility index (Phi) is 70.9. The molecule has 0 radical (unpaired) electrons. The molecule has 0 rings (SSSR count). The van der Waals surface area contributed by atoms with Crippen LogP contribution >= 0.6 is 15.6 Å². The van der Waals surface area contributed by atoms with E-state index < -0.39 is 97.5 Å². The van der Waals surface area contributed by atoms with Crippen LogP contribution in [0.5, 0.6) is 0 Å². The van der Waals surface area contributed by atoms with Gasteiger partial charge in [-0.25, -0.2) is 9.13 Å². The minimum Gasteiger partial charge on any atom is -0.462 e. The van der Waals surface area contributed by atoms with Crippen LogP contribution < -0.4 is 0 Å². The fraction of sp³-hybridized carbons (Fsp3) is 0.951. The smallest absolute Gasteiger partial charge is 0.462 e. The predicted octanol–water partition coefficient (Wildman–Crippen LogP) is 24.5. The fourth-order valence-electron chi connectivity index (χ4n) is 12.6. The summed E-state index contributed by atoms with van der Waals surface area (Å²) < 4.78 is 68.8. The zero-order valence-electron chi connectivity index (χ0n) is 66.4. The van der Waals surface area contributed by atoms with Gasteiger partial charge < -0.3 is 33.8 Å². The molecule has 19 heteroatoms. The molecule has 17 nitrogen and oxygen atoms in total. The van der Waals surface area contributed by atoms with Crippen molar-refractivity contribution in [2.75, 3.05) is 39.6 Å². The van der Waals surface area contributed by atoms with Gasteiger partial charge in [-0.15, -0.1) is 0 Å². The molecular formula is C82H160O17P2. The third kappa shape index (κ3) is 74.7. The molecule has 0 spiro atoms. The van der Waals surface area contributed by atoms with Gasteiger partial charge in [-0.2, -0.15) is 0 Å². The number of phosphoric acid groups is 2. The van der Waals surface area contributed by atoms with E-state index in [1.807, 2.05) is 0 Å². The maximum absolute atomic E-state index is 13.1. The van der Waals surface area contributed by atoms with E-state index in [1.54, 1.807) is 0 Å². The van der Waals surface area contributed by atoms with Crippen LogP contribution in [0, 0.1) is 17.8 Å². The lowest BCUT2D eigenvalue weighted by atomic mass is 9.99. The summed E-state index contributed by atoms with van der Waals surface area (Å²) in [6.45, 7) is 12.0. The van der Waals surface area contributed by atoms with Gasteiger partial charge in [0.1, 0.15) is 19.3 Å². The molecule has 101 heavy (non-hydrogen) atoms. The lowest BCUT2D eigenvalue weighted by molar-refractivity contribution is -0.161. The Morgan fingerprint density at radius 3 is 0.752 bits per heavy atom. The van der Waals surface area contributed by atoms with Gasteiger partial charge >= 0.3 is 39.5 Å². The molecule has 0 aliphatic carbocycles. The summed E-state index contributed by atoms with van der Waals surface area (Å²) in [4.78, 5) is 73.1. The van der Waals surface area contributed by atoms with Gasteiger partial charge in [0.05, 0.1) is 26.4 Å². The lowest BCUT2D eigenvalue weighted by Crippen LogP contribution is -2.30. The SMILES string of the molecule is CCCCCCCCCCCCCCCC(=O)O[C@H](COC(=O)CCCCCCCCCCC(C)C)COP(=O)(O)OC[C@H](O)COP(=O)(O)OC[C@@H](COC(=O)CCCCCCCCCCCCCCCCC(C)CC)OC(=O)CCCCCCCCCCCCCCCCCCC(C)C. The molecule has 0 heterocycles. The van der Waals surface area contributed by atoms with Gasteiger partial charge in [0.2, 0.25) is 0 Å². The normalized spacial score (nSPS) is 14.2. The van der Waals surface area contributed by atoms with Crippen molar-refractivity contribution in [1.29, 1.82) is 0 Å². The number of unbranched alkanes of at least 4 members (excludes halogenated alkanes) is 47. The summed E-state index contributed by atoms with van der Waals surface area (Å²) in [6, 6.07) is 0. The monoisotopic (exact) mass is 1480 g/mol. The van der Waals surface area contributed by atoms with Crippen molar-refractivity contribution in [3.05, 3.63) is 0 Å². The average Bonchev–Trinajstić information content (AvgIpc) is 1.29. The molecular weight excluding hydrogens is 1320 g/mol. The lowest BCUT2D eigenvalue weighted by Gasteiger charge is -2.21. The minimum absolute atomic E-state index is 0.107. The number of phosphoric ester groups is 2. The van der Waals surface area contributed by atoms with Gasteiger partial charge in [0, 0.05) is 25.7 Å². The number of aliphatic hydroxyl groups is 1. The Balaban J connectivity index is 5.25. The number of hydrogen-bond acceptors (Lipinski definition) is 15. The van der Waals surface area contributed by atoms with Crippen LogP contribution in [0.2, 0.25) is 0 Å². The molecule has 0 aliphatic heterocycles. The van der Waals surface area contributed by atoms with Crippen molar-refractivity contribution >= 4 is 39.5 Å². The van der Waals surface area contributed by atoms with E-state index in [0.29, 0.717) is 25.7 Å².